The highest BCUT2D eigenvalue weighted by molar-refractivity contribution is 6.34. The number of hydrogen-bond donors (Lipinski definition) is 2. The Morgan fingerprint density at radius 2 is 2.29 bits per heavy atom. The van der Waals surface area contributed by atoms with Gasteiger partial charge in [-0.2, -0.15) is 0 Å². The van der Waals surface area contributed by atoms with Gasteiger partial charge in [-0.25, -0.2) is 0 Å². The molecule has 1 aromatic rings. The Morgan fingerprint density at radius 1 is 1.62 bits per heavy atom. The third kappa shape index (κ3) is 2.93. The number of benzene rings is 1. The van der Waals surface area contributed by atoms with Gasteiger partial charge in [0, 0.05) is 18.7 Å². The number of carbonyl (C=O) groups excluding carboxylic acids is 1. The average molecular weight is 314 g/mol. The third-order valence-electron chi connectivity index (χ3n) is 3.86. The van der Waals surface area contributed by atoms with Crippen LogP contribution < -0.4 is 11.1 Å². The highest BCUT2D eigenvalue weighted by atomic mass is 35.5. The van der Waals surface area contributed by atoms with Crippen LogP contribution >= 0.6 is 11.6 Å². The topological polar surface area (TPSA) is 107 Å². The van der Waals surface area contributed by atoms with E-state index in [1.54, 1.807) is 0 Å². The van der Waals surface area contributed by atoms with E-state index in [-0.39, 0.29) is 28.1 Å². The lowest BCUT2D eigenvalue weighted by Gasteiger charge is -2.29. The Labute approximate surface area is 126 Å². The summed E-state index contributed by atoms with van der Waals surface area (Å²) < 4.78 is 5.44. The van der Waals surface area contributed by atoms with Crippen molar-refractivity contribution in [2.75, 3.05) is 12.3 Å². The molecule has 7 nitrogen and oxygen atoms in total. The molecule has 1 fully saturated rings. The molecule has 1 aliphatic rings. The van der Waals surface area contributed by atoms with E-state index in [1.165, 1.54) is 0 Å². The molecule has 2 rings (SSSR count). The molecule has 0 saturated carbocycles. The zero-order chi connectivity index (χ0) is 15.8. The second-order valence-corrected chi connectivity index (χ2v) is 5.69. The molecule has 0 radical (unpaired) electrons. The van der Waals surface area contributed by atoms with Crippen LogP contribution in [-0.2, 0) is 4.74 Å². The van der Waals surface area contributed by atoms with Crippen molar-refractivity contribution in [3.63, 3.8) is 0 Å². The minimum Gasteiger partial charge on any atom is -0.397 e. The smallest absolute Gasteiger partial charge is 0.271 e. The molecule has 114 valence electrons. The van der Waals surface area contributed by atoms with Crippen molar-refractivity contribution < 1.29 is 14.5 Å². The van der Waals surface area contributed by atoms with Crippen LogP contribution in [0.25, 0.3) is 0 Å². The van der Waals surface area contributed by atoms with Gasteiger partial charge in [0.1, 0.15) is 0 Å². The predicted octanol–water partition coefficient (Wildman–Crippen LogP) is 2.13. The van der Waals surface area contributed by atoms with Crippen LogP contribution in [0.3, 0.4) is 0 Å². The first kappa shape index (κ1) is 15.5. The van der Waals surface area contributed by atoms with E-state index in [2.05, 4.69) is 5.32 Å². The summed E-state index contributed by atoms with van der Waals surface area (Å²) in [5.41, 5.74) is 4.96. The Hall–Kier alpha value is -1.86. The van der Waals surface area contributed by atoms with Gasteiger partial charge in [0.15, 0.2) is 0 Å². The quantitative estimate of drug-likeness (QED) is 0.505. The molecule has 2 atom stereocenters. The predicted molar refractivity (Wildman–Crippen MR) is 78.4 cm³/mol. The van der Waals surface area contributed by atoms with Crippen LogP contribution in [0.2, 0.25) is 5.02 Å². The minimum atomic E-state index is -0.620. The van der Waals surface area contributed by atoms with Crippen LogP contribution in [-0.4, -0.2) is 29.1 Å². The van der Waals surface area contributed by atoms with E-state index in [4.69, 9.17) is 22.1 Å². The fourth-order valence-electron chi connectivity index (χ4n) is 2.22. The number of nitrogens with zero attached hydrogens (tertiary/aromatic N) is 1. The number of anilines is 1. The molecular weight excluding hydrogens is 298 g/mol. The van der Waals surface area contributed by atoms with Crippen LogP contribution in [0.4, 0.5) is 11.4 Å². The standard InChI is InChI=1S/C13H16ClN3O4/c1-7-13(2,3-4-21-7)16-12(18)9-5-8(17(19)20)6-10(14)11(9)15/h5-7H,3-4,15H2,1-2H3,(H,16,18). The minimum absolute atomic E-state index is 0.00507. The third-order valence-corrected chi connectivity index (χ3v) is 4.17. The van der Waals surface area contributed by atoms with E-state index in [1.807, 2.05) is 13.8 Å². The molecule has 2 unspecified atom stereocenters. The Balaban J connectivity index is 2.33. The second kappa shape index (κ2) is 5.50. The lowest BCUT2D eigenvalue weighted by Crippen LogP contribution is -2.50. The average Bonchev–Trinajstić information content (AvgIpc) is 2.72. The summed E-state index contributed by atoms with van der Waals surface area (Å²) in [5.74, 6) is -0.502. The largest absolute Gasteiger partial charge is 0.397 e. The van der Waals surface area contributed by atoms with Gasteiger partial charge >= 0.3 is 0 Å². The van der Waals surface area contributed by atoms with Crippen molar-refractivity contribution in [1.29, 1.82) is 0 Å². The number of carbonyl (C=O) groups is 1. The zero-order valence-electron chi connectivity index (χ0n) is 11.7. The number of amides is 1. The number of rotatable bonds is 3. The summed E-state index contributed by atoms with van der Waals surface area (Å²) in [5, 5.41) is 13.7. The van der Waals surface area contributed by atoms with Crippen molar-refractivity contribution >= 4 is 28.9 Å². The molecule has 1 aromatic carbocycles. The molecule has 1 amide bonds. The summed E-state index contributed by atoms with van der Waals surface area (Å²) in [7, 11) is 0. The lowest BCUT2D eigenvalue weighted by molar-refractivity contribution is -0.384. The molecule has 21 heavy (non-hydrogen) atoms. The summed E-state index contributed by atoms with van der Waals surface area (Å²) in [6.07, 6.45) is 0.500. The van der Waals surface area contributed by atoms with Crippen molar-refractivity contribution in [1.82, 2.24) is 5.32 Å². The molecule has 1 aliphatic heterocycles. The van der Waals surface area contributed by atoms with Crippen molar-refractivity contribution in [2.45, 2.75) is 31.9 Å². The SMILES string of the molecule is CC1OCCC1(C)NC(=O)c1cc([N+](=O)[O-])cc(Cl)c1N. The second-order valence-electron chi connectivity index (χ2n) is 5.28. The number of nitrogens with two attached hydrogens (primary N) is 1. The molecule has 0 bridgehead atoms. The van der Waals surface area contributed by atoms with Gasteiger partial charge < -0.3 is 15.8 Å². The van der Waals surface area contributed by atoms with E-state index >= 15 is 0 Å². The number of non-ortho nitro benzene ring substituents is 1. The van der Waals surface area contributed by atoms with E-state index in [0.717, 1.165) is 12.1 Å². The van der Waals surface area contributed by atoms with Crippen LogP contribution in [0.5, 0.6) is 0 Å². The summed E-state index contributed by atoms with van der Waals surface area (Å²) in [4.78, 5) is 22.6. The number of halogens is 1. The van der Waals surface area contributed by atoms with Gasteiger partial charge in [0.05, 0.1) is 32.8 Å². The van der Waals surface area contributed by atoms with Gasteiger partial charge in [-0.3, -0.25) is 14.9 Å². The first-order valence-corrected chi connectivity index (χ1v) is 6.80. The van der Waals surface area contributed by atoms with Gasteiger partial charge in [-0.15, -0.1) is 0 Å². The van der Waals surface area contributed by atoms with Gasteiger partial charge in [-0.05, 0) is 20.3 Å². The molecule has 8 heteroatoms. The number of ether oxygens (including phenoxy) is 1. The first-order chi connectivity index (χ1) is 9.74. The summed E-state index contributed by atoms with van der Waals surface area (Å²) >= 11 is 5.85. The maximum absolute atomic E-state index is 12.4. The Bertz CT molecular complexity index is 607. The van der Waals surface area contributed by atoms with Crippen LogP contribution in [0.15, 0.2) is 12.1 Å². The molecular formula is C13H16ClN3O4. The number of nitrogens with one attached hydrogen (secondary N) is 1. The fourth-order valence-corrected chi connectivity index (χ4v) is 2.44. The van der Waals surface area contributed by atoms with Crippen molar-refractivity contribution in [3.8, 4) is 0 Å². The molecule has 0 aliphatic carbocycles. The fraction of sp³-hybridized carbons (Fsp3) is 0.462. The molecule has 0 spiro atoms. The van der Waals surface area contributed by atoms with Crippen molar-refractivity contribution in [2.24, 2.45) is 0 Å². The number of nitro groups is 1. The van der Waals surface area contributed by atoms with E-state index in [9.17, 15) is 14.9 Å². The van der Waals surface area contributed by atoms with Crippen molar-refractivity contribution in [3.05, 3.63) is 32.8 Å². The molecule has 1 saturated heterocycles. The molecule has 3 N–H and O–H groups in total. The normalized spacial score (nSPS) is 24.8. The number of hydrogen-bond acceptors (Lipinski definition) is 5. The maximum Gasteiger partial charge on any atom is 0.271 e. The number of nitro benzene ring substituents is 1. The maximum atomic E-state index is 12.4. The zero-order valence-corrected chi connectivity index (χ0v) is 12.4. The van der Waals surface area contributed by atoms with Gasteiger partial charge in [0.25, 0.3) is 11.6 Å². The van der Waals surface area contributed by atoms with E-state index < -0.39 is 16.4 Å². The molecule has 0 aromatic heterocycles. The lowest BCUT2D eigenvalue weighted by atomic mass is 9.94. The highest BCUT2D eigenvalue weighted by Crippen LogP contribution is 2.30. The molecule has 1 heterocycles. The van der Waals surface area contributed by atoms with E-state index in [0.29, 0.717) is 13.0 Å². The van der Waals surface area contributed by atoms with Gasteiger partial charge in [-0.1, -0.05) is 11.6 Å². The van der Waals surface area contributed by atoms with Crippen LogP contribution in [0.1, 0.15) is 30.6 Å². The summed E-state index contributed by atoms with van der Waals surface area (Å²) in [6, 6.07) is 2.25. The van der Waals surface area contributed by atoms with Gasteiger partial charge in [0.2, 0.25) is 0 Å². The first-order valence-electron chi connectivity index (χ1n) is 6.42. The Morgan fingerprint density at radius 3 is 2.81 bits per heavy atom. The number of nitrogen functional groups attached to an aromatic ring is 1. The van der Waals surface area contributed by atoms with Crippen LogP contribution in [0, 0.1) is 10.1 Å². The monoisotopic (exact) mass is 313 g/mol. The Kier molecular flexibility index (Phi) is 4.06. The summed E-state index contributed by atoms with van der Waals surface area (Å²) in [6.45, 7) is 4.26. The highest BCUT2D eigenvalue weighted by Gasteiger charge is 2.39.